The predicted octanol–water partition coefficient (Wildman–Crippen LogP) is 3.58. The number of benzene rings is 1. The van der Waals surface area contributed by atoms with E-state index in [0.29, 0.717) is 24.3 Å². The summed E-state index contributed by atoms with van der Waals surface area (Å²) in [5.74, 6) is -0.831. The van der Waals surface area contributed by atoms with Gasteiger partial charge in [-0.1, -0.05) is 20.8 Å². The molecule has 0 saturated carbocycles. The van der Waals surface area contributed by atoms with Gasteiger partial charge in [0.1, 0.15) is 11.5 Å². The van der Waals surface area contributed by atoms with E-state index in [1.165, 1.54) is 24.3 Å². The number of rotatable bonds is 3. The summed E-state index contributed by atoms with van der Waals surface area (Å²) in [6.45, 7) is 7.13. The maximum Gasteiger partial charge on any atom is 0.274 e. The second-order valence-electron chi connectivity index (χ2n) is 7.88. The number of carbonyl (C=O) groups is 2. The van der Waals surface area contributed by atoms with Crippen molar-refractivity contribution in [2.24, 2.45) is 5.92 Å². The molecule has 1 aromatic carbocycles. The Kier molecular flexibility index (Phi) is 4.94. The Morgan fingerprint density at radius 3 is 2.54 bits per heavy atom. The monoisotopic (exact) mass is 357 g/mol. The molecule has 1 atom stereocenters. The molecule has 138 valence electrons. The smallest absolute Gasteiger partial charge is 0.274 e. The number of carbonyl (C=O) groups excluding carboxylic acids is 2. The van der Waals surface area contributed by atoms with Gasteiger partial charge in [0, 0.05) is 35.7 Å². The number of nitrogens with one attached hydrogen (secondary N) is 1. The van der Waals surface area contributed by atoms with E-state index in [4.69, 9.17) is 0 Å². The number of hydrogen-bond donors (Lipinski definition) is 1. The molecule has 0 unspecified atom stereocenters. The number of halogens is 1. The van der Waals surface area contributed by atoms with E-state index in [2.05, 4.69) is 10.2 Å². The fraction of sp³-hybridized carbons (Fsp3) is 0.450. The Balaban J connectivity index is 1.71. The predicted molar refractivity (Wildman–Crippen MR) is 96.6 cm³/mol. The van der Waals surface area contributed by atoms with Gasteiger partial charge < -0.3 is 4.90 Å². The van der Waals surface area contributed by atoms with Gasteiger partial charge in [0.25, 0.3) is 5.91 Å². The number of aromatic nitrogens is 2. The molecule has 1 aliphatic heterocycles. The zero-order chi connectivity index (χ0) is 18.9. The lowest BCUT2D eigenvalue weighted by molar-refractivity contribution is 0.0632. The maximum atomic E-state index is 13.1. The van der Waals surface area contributed by atoms with Gasteiger partial charge in [-0.25, -0.2) is 4.39 Å². The average Bonchev–Trinajstić information content (AvgIpc) is 3.12. The number of nitrogens with zero attached hydrogens (tertiary/aromatic N) is 2. The van der Waals surface area contributed by atoms with Crippen LogP contribution in [0, 0.1) is 11.7 Å². The zero-order valence-corrected chi connectivity index (χ0v) is 15.4. The number of hydrogen-bond acceptors (Lipinski definition) is 3. The zero-order valence-electron chi connectivity index (χ0n) is 15.4. The van der Waals surface area contributed by atoms with Gasteiger partial charge in [-0.2, -0.15) is 5.10 Å². The number of aromatic amines is 1. The lowest BCUT2D eigenvalue weighted by Crippen LogP contribution is -2.42. The van der Waals surface area contributed by atoms with Crippen molar-refractivity contribution in [2.45, 2.75) is 39.0 Å². The molecule has 1 aliphatic rings. The van der Waals surface area contributed by atoms with Gasteiger partial charge in [-0.05, 0) is 43.2 Å². The van der Waals surface area contributed by atoms with Gasteiger partial charge in [0.15, 0.2) is 5.78 Å². The molecule has 0 radical (unpaired) electrons. The van der Waals surface area contributed by atoms with Crippen molar-refractivity contribution in [1.29, 1.82) is 0 Å². The molecule has 1 amide bonds. The summed E-state index contributed by atoms with van der Waals surface area (Å²) in [4.78, 5) is 27.1. The minimum absolute atomic E-state index is 0.0418. The van der Waals surface area contributed by atoms with Crippen LogP contribution >= 0.6 is 0 Å². The third-order valence-corrected chi connectivity index (χ3v) is 4.81. The SMILES string of the molecule is CC(C)(C)c1cc(C(=O)N2CCC[C@H](C(=O)c3ccc(F)cc3)C2)n[nH]1. The Labute approximate surface area is 152 Å². The highest BCUT2D eigenvalue weighted by Gasteiger charge is 2.31. The molecule has 3 rings (SSSR count). The van der Waals surface area contributed by atoms with Crippen LogP contribution in [0.15, 0.2) is 30.3 Å². The maximum absolute atomic E-state index is 13.1. The molecule has 1 N–H and O–H groups in total. The number of likely N-dealkylation sites (tertiary alicyclic amines) is 1. The number of amides is 1. The third kappa shape index (κ3) is 3.84. The second kappa shape index (κ2) is 7.02. The molecular formula is C20H24FN3O2. The highest BCUT2D eigenvalue weighted by Crippen LogP contribution is 2.24. The lowest BCUT2D eigenvalue weighted by atomic mass is 9.89. The number of piperidine rings is 1. The van der Waals surface area contributed by atoms with Crippen LogP contribution < -0.4 is 0 Å². The average molecular weight is 357 g/mol. The Morgan fingerprint density at radius 2 is 1.92 bits per heavy atom. The van der Waals surface area contributed by atoms with Crippen LogP contribution in [-0.4, -0.2) is 39.9 Å². The van der Waals surface area contributed by atoms with Crippen LogP contribution in [-0.2, 0) is 5.41 Å². The molecule has 0 aliphatic carbocycles. The van der Waals surface area contributed by atoms with Crippen LogP contribution in [0.25, 0.3) is 0 Å². The Bertz CT molecular complexity index is 805. The fourth-order valence-electron chi connectivity index (χ4n) is 3.20. The number of Topliss-reactive ketones (excluding diaryl/α,β-unsaturated/α-hetero) is 1. The molecule has 1 fully saturated rings. The minimum Gasteiger partial charge on any atom is -0.337 e. The van der Waals surface area contributed by atoms with E-state index in [1.54, 1.807) is 11.0 Å². The second-order valence-corrected chi connectivity index (χ2v) is 7.88. The first-order valence-corrected chi connectivity index (χ1v) is 8.90. The quantitative estimate of drug-likeness (QED) is 0.854. The van der Waals surface area contributed by atoms with E-state index in [-0.39, 0.29) is 28.8 Å². The summed E-state index contributed by atoms with van der Waals surface area (Å²) in [5.41, 5.74) is 1.65. The lowest BCUT2D eigenvalue weighted by Gasteiger charge is -2.31. The van der Waals surface area contributed by atoms with Crippen LogP contribution in [0.3, 0.4) is 0 Å². The van der Waals surface area contributed by atoms with E-state index in [1.807, 2.05) is 20.8 Å². The first-order chi connectivity index (χ1) is 12.3. The molecule has 0 spiro atoms. The van der Waals surface area contributed by atoms with Gasteiger partial charge in [-0.3, -0.25) is 14.7 Å². The fourth-order valence-corrected chi connectivity index (χ4v) is 3.20. The summed E-state index contributed by atoms with van der Waals surface area (Å²) >= 11 is 0. The van der Waals surface area contributed by atoms with Gasteiger partial charge in [-0.15, -0.1) is 0 Å². The molecule has 1 saturated heterocycles. The molecule has 2 aromatic rings. The Hall–Kier alpha value is -2.50. The van der Waals surface area contributed by atoms with Crippen molar-refractivity contribution in [3.63, 3.8) is 0 Å². The molecule has 5 nitrogen and oxygen atoms in total. The normalized spacial score (nSPS) is 18.0. The van der Waals surface area contributed by atoms with Crippen molar-refractivity contribution in [3.8, 4) is 0 Å². The van der Waals surface area contributed by atoms with Crippen molar-refractivity contribution in [1.82, 2.24) is 15.1 Å². The summed E-state index contributed by atoms with van der Waals surface area (Å²) in [7, 11) is 0. The largest absolute Gasteiger partial charge is 0.337 e. The van der Waals surface area contributed by atoms with Gasteiger partial charge in [0.2, 0.25) is 0 Å². The first kappa shape index (κ1) is 18.3. The number of H-pyrrole nitrogens is 1. The van der Waals surface area contributed by atoms with Crippen molar-refractivity contribution in [3.05, 3.63) is 53.1 Å². The molecular weight excluding hydrogens is 333 g/mol. The van der Waals surface area contributed by atoms with Crippen LogP contribution in [0.4, 0.5) is 4.39 Å². The van der Waals surface area contributed by atoms with Crippen LogP contribution in [0.5, 0.6) is 0 Å². The van der Waals surface area contributed by atoms with E-state index < -0.39 is 0 Å². The standard InChI is InChI=1S/C20H24FN3O2/c1-20(2,3)17-11-16(22-23-17)19(26)24-10-4-5-14(12-24)18(25)13-6-8-15(21)9-7-13/h6-9,11,14H,4-5,10,12H2,1-3H3,(H,22,23)/t14-/m0/s1. The van der Waals surface area contributed by atoms with Crippen molar-refractivity contribution in [2.75, 3.05) is 13.1 Å². The van der Waals surface area contributed by atoms with Crippen LogP contribution in [0.2, 0.25) is 0 Å². The summed E-state index contributed by atoms with van der Waals surface area (Å²) in [6.07, 6.45) is 1.49. The van der Waals surface area contributed by atoms with E-state index in [9.17, 15) is 14.0 Å². The molecule has 26 heavy (non-hydrogen) atoms. The Morgan fingerprint density at radius 1 is 1.23 bits per heavy atom. The molecule has 0 bridgehead atoms. The van der Waals surface area contributed by atoms with Crippen molar-refractivity contribution >= 4 is 11.7 Å². The molecule has 1 aromatic heterocycles. The highest BCUT2D eigenvalue weighted by molar-refractivity contribution is 5.99. The summed E-state index contributed by atoms with van der Waals surface area (Å²) in [5, 5.41) is 7.08. The topological polar surface area (TPSA) is 66.1 Å². The van der Waals surface area contributed by atoms with Crippen molar-refractivity contribution < 1.29 is 14.0 Å². The third-order valence-electron chi connectivity index (χ3n) is 4.81. The van der Waals surface area contributed by atoms with Gasteiger partial charge >= 0.3 is 0 Å². The highest BCUT2D eigenvalue weighted by atomic mass is 19.1. The van der Waals surface area contributed by atoms with Gasteiger partial charge in [0.05, 0.1) is 0 Å². The molecule has 2 heterocycles. The van der Waals surface area contributed by atoms with E-state index >= 15 is 0 Å². The summed E-state index contributed by atoms with van der Waals surface area (Å²) < 4.78 is 13.1. The first-order valence-electron chi connectivity index (χ1n) is 8.90. The molecule has 6 heteroatoms. The van der Waals surface area contributed by atoms with E-state index in [0.717, 1.165) is 18.5 Å². The minimum atomic E-state index is -0.366. The number of ketones is 1. The van der Waals surface area contributed by atoms with Crippen LogP contribution in [0.1, 0.15) is 60.2 Å². The summed E-state index contributed by atoms with van der Waals surface area (Å²) in [6, 6.07) is 7.37.